The molecule has 0 bridgehead atoms. The predicted octanol–water partition coefficient (Wildman–Crippen LogP) is 3.57. The van der Waals surface area contributed by atoms with Gasteiger partial charge in [0.1, 0.15) is 5.76 Å². The molecule has 102 valence electrons. The fourth-order valence-electron chi connectivity index (χ4n) is 1.72. The van der Waals surface area contributed by atoms with Gasteiger partial charge < -0.3 is 9.73 Å². The lowest BCUT2D eigenvalue weighted by atomic mass is 10.3. The van der Waals surface area contributed by atoms with Gasteiger partial charge in [0.05, 0.1) is 5.69 Å². The van der Waals surface area contributed by atoms with Gasteiger partial charge in [0, 0.05) is 13.0 Å². The highest BCUT2D eigenvalue weighted by Gasteiger charge is 2.14. The standard InChI is InChI=1S/C14H18FN3O/c1-4-8-16-14-12(15)9(3)17-13(18-14)11-7-6-10(5-2)19-11/h6-7H,4-5,8H2,1-3H3,(H,16,17,18). The molecule has 2 rings (SSSR count). The molecule has 0 atom stereocenters. The quantitative estimate of drug-likeness (QED) is 0.896. The topological polar surface area (TPSA) is 51.0 Å². The van der Waals surface area contributed by atoms with E-state index in [0.717, 1.165) is 18.6 Å². The van der Waals surface area contributed by atoms with Crippen molar-refractivity contribution in [2.75, 3.05) is 11.9 Å². The lowest BCUT2D eigenvalue weighted by Gasteiger charge is -2.08. The fraction of sp³-hybridized carbons (Fsp3) is 0.429. The van der Waals surface area contributed by atoms with Gasteiger partial charge in [0.2, 0.25) is 0 Å². The Bertz CT molecular complexity index is 566. The van der Waals surface area contributed by atoms with Gasteiger partial charge in [0.25, 0.3) is 0 Å². The second-order valence-electron chi connectivity index (χ2n) is 4.34. The van der Waals surface area contributed by atoms with Crippen molar-refractivity contribution in [1.29, 1.82) is 0 Å². The van der Waals surface area contributed by atoms with E-state index < -0.39 is 5.82 Å². The average molecular weight is 263 g/mol. The van der Waals surface area contributed by atoms with Gasteiger partial charge in [-0.3, -0.25) is 0 Å². The molecular formula is C14H18FN3O. The van der Waals surface area contributed by atoms with E-state index in [9.17, 15) is 4.39 Å². The Morgan fingerprint density at radius 3 is 2.68 bits per heavy atom. The van der Waals surface area contributed by atoms with Crippen LogP contribution in [0, 0.1) is 12.7 Å². The number of halogens is 1. The van der Waals surface area contributed by atoms with Crippen molar-refractivity contribution in [2.24, 2.45) is 0 Å². The van der Waals surface area contributed by atoms with Crippen molar-refractivity contribution in [1.82, 2.24) is 9.97 Å². The molecule has 0 saturated carbocycles. The molecule has 0 fully saturated rings. The first-order valence-electron chi connectivity index (χ1n) is 6.52. The minimum absolute atomic E-state index is 0.235. The van der Waals surface area contributed by atoms with Gasteiger partial charge in [-0.25, -0.2) is 14.4 Å². The van der Waals surface area contributed by atoms with E-state index in [-0.39, 0.29) is 5.82 Å². The largest absolute Gasteiger partial charge is 0.458 e. The van der Waals surface area contributed by atoms with Crippen molar-refractivity contribution in [3.8, 4) is 11.6 Å². The number of aryl methyl sites for hydroxylation is 2. The summed E-state index contributed by atoms with van der Waals surface area (Å²) in [4.78, 5) is 8.34. The van der Waals surface area contributed by atoms with Crippen LogP contribution in [0.2, 0.25) is 0 Å². The molecule has 4 nitrogen and oxygen atoms in total. The van der Waals surface area contributed by atoms with Gasteiger partial charge >= 0.3 is 0 Å². The number of hydrogen-bond acceptors (Lipinski definition) is 4. The first-order chi connectivity index (χ1) is 9.15. The third-order valence-corrected chi connectivity index (χ3v) is 2.79. The summed E-state index contributed by atoms with van der Waals surface area (Å²) in [5.41, 5.74) is 0.318. The number of rotatable bonds is 5. The number of hydrogen-bond donors (Lipinski definition) is 1. The van der Waals surface area contributed by atoms with Crippen LogP contribution < -0.4 is 5.32 Å². The molecule has 2 aromatic heterocycles. The van der Waals surface area contributed by atoms with Crippen LogP contribution in [0.4, 0.5) is 10.2 Å². The summed E-state index contributed by atoms with van der Waals surface area (Å²) in [6.45, 7) is 6.32. The normalized spacial score (nSPS) is 10.7. The van der Waals surface area contributed by atoms with Crippen LogP contribution in [0.3, 0.4) is 0 Å². The Labute approximate surface area is 112 Å². The third-order valence-electron chi connectivity index (χ3n) is 2.79. The van der Waals surface area contributed by atoms with Crippen LogP contribution in [-0.4, -0.2) is 16.5 Å². The summed E-state index contributed by atoms with van der Waals surface area (Å²) in [5, 5.41) is 2.97. The zero-order valence-electron chi connectivity index (χ0n) is 11.5. The van der Waals surface area contributed by atoms with Crippen LogP contribution in [0.25, 0.3) is 11.6 Å². The monoisotopic (exact) mass is 263 g/mol. The van der Waals surface area contributed by atoms with Crippen molar-refractivity contribution < 1.29 is 8.81 Å². The second kappa shape index (κ2) is 5.82. The summed E-state index contributed by atoms with van der Waals surface area (Å²) in [6.07, 6.45) is 1.71. The molecule has 0 radical (unpaired) electrons. The summed E-state index contributed by atoms with van der Waals surface area (Å²) in [5.74, 6) is 1.68. The molecule has 0 amide bonds. The molecular weight excluding hydrogens is 245 g/mol. The summed E-state index contributed by atoms with van der Waals surface area (Å²) < 4.78 is 19.5. The molecule has 1 N–H and O–H groups in total. The number of aromatic nitrogens is 2. The zero-order valence-corrected chi connectivity index (χ0v) is 11.5. The maximum atomic E-state index is 13.9. The minimum atomic E-state index is -0.403. The minimum Gasteiger partial charge on any atom is -0.458 e. The number of furan rings is 1. The molecule has 0 saturated heterocycles. The summed E-state index contributed by atoms with van der Waals surface area (Å²) >= 11 is 0. The molecule has 19 heavy (non-hydrogen) atoms. The fourth-order valence-corrected chi connectivity index (χ4v) is 1.72. The zero-order chi connectivity index (χ0) is 13.8. The first-order valence-corrected chi connectivity index (χ1v) is 6.52. The molecule has 0 unspecified atom stereocenters. The molecule has 0 aliphatic rings. The van der Waals surface area contributed by atoms with Crippen LogP contribution in [-0.2, 0) is 6.42 Å². The molecule has 2 heterocycles. The molecule has 2 aromatic rings. The van der Waals surface area contributed by atoms with Crippen LogP contribution in [0.5, 0.6) is 0 Å². The maximum absolute atomic E-state index is 13.9. The van der Waals surface area contributed by atoms with Crippen molar-refractivity contribution in [3.63, 3.8) is 0 Å². The van der Waals surface area contributed by atoms with Crippen LogP contribution >= 0.6 is 0 Å². The Morgan fingerprint density at radius 1 is 1.26 bits per heavy atom. The molecule has 0 aliphatic heterocycles. The van der Waals surface area contributed by atoms with Crippen molar-refractivity contribution in [2.45, 2.75) is 33.6 Å². The Hall–Kier alpha value is -1.91. The van der Waals surface area contributed by atoms with Gasteiger partial charge in [-0.05, 0) is 25.5 Å². The number of nitrogens with one attached hydrogen (secondary N) is 1. The number of anilines is 1. The molecule has 0 spiro atoms. The first kappa shape index (κ1) is 13.5. The molecule has 0 aliphatic carbocycles. The van der Waals surface area contributed by atoms with E-state index in [2.05, 4.69) is 15.3 Å². The second-order valence-corrected chi connectivity index (χ2v) is 4.34. The van der Waals surface area contributed by atoms with Crippen LogP contribution in [0.1, 0.15) is 31.7 Å². The van der Waals surface area contributed by atoms with Gasteiger partial charge in [-0.15, -0.1) is 0 Å². The lowest BCUT2D eigenvalue weighted by molar-refractivity contribution is 0.524. The van der Waals surface area contributed by atoms with Crippen molar-refractivity contribution in [3.05, 3.63) is 29.4 Å². The third kappa shape index (κ3) is 2.92. The predicted molar refractivity (Wildman–Crippen MR) is 72.6 cm³/mol. The lowest BCUT2D eigenvalue weighted by Crippen LogP contribution is -2.08. The Morgan fingerprint density at radius 2 is 2.05 bits per heavy atom. The SMILES string of the molecule is CCCNc1nc(-c2ccc(CC)o2)nc(C)c1F. The smallest absolute Gasteiger partial charge is 0.198 e. The Kier molecular flexibility index (Phi) is 4.14. The van der Waals surface area contributed by atoms with E-state index >= 15 is 0 Å². The van der Waals surface area contributed by atoms with Gasteiger partial charge in [0.15, 0.2) is 23.2 Å². The summed E-state index contributed by atoms with van der Waals surface area (Å²) in [6, 6.07) is 3.70. The number of nitrogens with zero attached hydrogens (tertiary/aromatic N) is 2. The average Bonchev–Trinajstić information content (AvgIpc) is 2.89. The van der Waals surface area contributed by atoms with Crippen LogP contribution in [0.15, 0.2) is 16.5 Å². The van der Waals surface area contributed by atoms with E-state index in [1.165, 1.54) is 0 Å². The molecule has 5 heteroatoms. The van der Waals surface area contributed by atoms with E-state index in [1.807, 2.05) is 26.0 Å². The highest BCUT2D eigenvalue weighted by atomic mass is 19.1. The van der Waals surface area contributed by atoms with Crippen molar-refractivity contribution >= 4 is 5.82 Å². The highest BCUT2D eigenvalue weighted by molar-refractivity contribution is 5.52. The van der Waals surface area contributed by atoms with Gasteiger partial charge in [-0.1, -0.05) is 13.8 Å². The van der Waals surface area contributed by atoms with E-state index in [0.29, 0.717) is 23.8 Å². The Balaban J connectivity index is 2.37. The highest BCUT2D eigenvalue weighted by Crippen LogP contribution is 2.23. The van der Waals surface area contributed by atoms with E-state index in [4.69, 9.17) is 4.42 Å². The van der Waals surface area contributed by atoms with E-state index in [1.54, 1.807) is 6.92 Å². The maximum Gasteiger partial charge on any atom is 0.198 e. The molecule has 0 aromatic carbocycles. The van der Waals surface area contributed by atoms with Gasteiger partial charge in [-0.2, -0.15) is 0 Å². The summed E-state index contributed by atoms with van der Waals surface area (Å²) in [7, 11) is 0.